The second kappa shape index (κ2) is 5.92. The first-order chi connectivity index (χ1) is 7.88. The quantitative estimate of drug-likeness (QED) is 0.582. The first-order valence-corrected chi connectivity index (χ1v) is 7.53. The van der Waals surface area contributed by atoms with Crippen molar-refractivity contribution in [2.45, 2.75) is 6.42 Å². The zero-order valence-electron chi connectivity index (χ0n) is 9.51. The van der Waals surface area contributed by atoms with E-state index in [0.717, 1.165) is 5.56 Å². The van der Waals surface area contributed by atoms with Crippen LogP contribution in [0.5, 0.6) is 0 Å². The van der Waals surface area contributed by atoms with Crippen LogP contribution in [0.2, 0.25) is 0 Å². The highest BCUT2D eigenvalue weighted by molar-refractivity contribution is 7.90. The Morgan fingerprint density at radius 1 is 1.59 bits per heavy atom. The number of sulfone groups is 1. The Labute approximate surface area is 106 Å². The van der Waals surface area contributed by atoms with Crippen LogP contribution >= 0.6 is 12.2 Å². The van der Waals surface area contributed by atoms with Gasteiger partial charge in [-0.1, -0.05) is 12.2 Å². The average Bonchev–Trinajstić information content (AvgIpc) is 2.23. The van der Waals surface area contributed by atoms with E-state index in [9.17, 15) is 8.42 Å². The third-order valence-corrected chi connectivity index (χ3v) is 3.31. The lowest BCUT2D eigenvalue weighted by atomic mass is 10.2. The molecule has 0 unspecified atom stereocenters. The Morgan fingerprint density at radius 2 is 2.29 bits per heavy atom. The van der Waals surface area contributed by atoms with Crippen molar-refractivity contribution in [3.05, 3.63) is 23.9 Å². The Kier molecular flexibility index (Phi) is 4.83. The second-order valence-electron chi connectivity index (χ2n) is 3.70. The molecule has 0 fully saturated rings. The number of nitrogens with zero attached hydrogens (tertiary/aromatic N) is 1. The highest BCUT2D eigenvalue weighted by Crippen LogP contribution is 2.06. The van der Waals surface area contributed by atoms with Crippen molar-refractivity contribution in [2.75, 3.05) is 23.9 Å². The second-order valence-corrected chi connectivity index (χ2v) is 6.40. The molecule has 0 spiro atoms. The van der Waals surface area contributed by atoms with Gasteiger partial charge in [-0.15, -0.1) is 0 Å². The Balaban J connectivity index is 2.47. The molecule has 0 amide bonds. The molecule has 1 aromatic rings. The first kappa shape index (κ1) is 13.9. The molecule has 1 rings (SSSR count). The van der Waals surface area contributed by atoms with E-state index >= 15 is 0 Å². The molecule has 0 aliphatic carbocycles. The molecule has 17 heavy (non-hydrogen) atoms. The minimum absolute atomic E-state index is 0.162. The van der Waals surface area contributed by atoms with Gasteiger partial charge in [0, 0.05) is 24.6 Å². The lowest BCUT2D eigenvalue weighted by molar-refractivity contribution is 0.600. The van der Waals surface area contributed by atoms with Crippen molar-refractivity contribution in [3.63, 3.8) is 0 Å². The minimum Gasteiger partial charge on any atom is -0.389 e. The van der Waals surface area contributed by atoms with E-state index in [1.165, 1.54) is 6.26 Å². The van der Waals surface area contributed by atoms with Gasteiger partial charge in [0.25, 0.3) is 0 Å². The van der Waals surface area contributed by atoms with E-state index in [1.807, 2.05) is 0 Å². The Hall–Kier alpha value is -1.21. The van der Waals surface area contributed by atoms with Crippen LogP contribution in [0.3, 0.4) is 0 Å². The largest absolute Gasteiger partial charge is 0.389 e. The fourth-order valence-electron chi connectivity index (χ4n) is 1.23. The van der Waals surface area contributed by atoms with Crippen LogP contribution < -0.4 is 11.1 Å². The topological polar surface area (TPSA) is 85.1 Å². The summed E-state index contributed by atoms with van der Waals surface area (Å²) < 4.78 is 21.8. The molecule has 1 heterocycles. The van der Waals surface area contributed by atoms with Crippen LogP contribution in [0.1, 0.15) is 12.0 Å². The number of hydrogen-bond donors (Lipinski definition) is 2. The van der Waals surface area contributed by atoms with Gasteiger partial charge in [0.15, 0.2) is 0 Å². The SMILES string of the molecule is CS(=O)(=O)CCCNc1cc(C(N)=S)ccn1. The molecule has 0 saturated carbocycles. The van der Waals surface area contributed by atoms with Crippen molar-refractivity contribution in [1.82, 2.24) is 4.98 Å². The molecular formula is C10H15N3O2S2. The molecule has 0 atom stereocenters. The fourth-order valence-corrected chi connectivity index (χ4v) is 2.03. The highest BCUT2D eigenvalue weighted by atomic mass is 32.2. The van der Waals surface area contributed by atoms with Crippen LogP contribution in [0.15, 0.2) is 18.3 Å². The Morgan fingerprint density at radius 3 is 2.88 bits per heavy atom. The summed E-state index contributed by atoms with van der Waals surface area (Å²) in [4.78, 5) is 4.39. The molecule has 0 radical (unpaired) electrons. The van der Waals surface area contributed by atoms with Crippen LogP contribution in [0.4, 0.5) is 5.82 Å². The van der Waals surface area contributed by atoms with Crippen molar-refractivity contribution < 1.29 is 8.42 Å². The summed E-state index contributed by atoms with van der Waals surface area (Å²) in [7, 11) is -2.90. The molecule has 94 valence electrons. The summed E-state index contributed by atoms with van der Waals surface area (Å²) in [6, 6.07) is 3.47. The fraction of sp³-hybridized carbons (Fsp3) is 0.400. The van der Waals surface area contributed by atoms with Gasteiger partial charge in [-0.25, -0.2) is 13.4 Å². The number of anilines is 1. The van der Waals surface area contributed by atoms with E-state index < -0.39 is 9.84 Å². The van der Waals surface area contributed by atoms with Gasteiger partial charge in [-0.3, -0.25) is 0 Å². The normalized spacial score (nSPS) is 11.1. The van der Waals surface area contributed by atoms with Gasteiger partial charge in [-0.05, 0) is 18.6 Å². The maximum atomic E-state index is 10.9. The van der Waals surface area contributed by atoms with Gasteiger partial charge in [0.2, 0.25) is 0 Å². The smallest absolute Gasteiger partial charge is 0.147 e. The van der Waals surface area contributed by atoms with Gasteiger partial charge < -0.3 is 11.1 Å². The molecule has 0 aliphatic heterocycles. The average molecular weight is 273 g/mol. The zero-order chi connectivity index (χ0) is 12.9. The van der Waals surface area contributed by atoms with Crippen molar-refractivity contribution in [3.8, 4) is 0 Å². The number of thiocarbonyl (C=S) groups is 1. The van der Waals surface area contributed by atoms with Gasteiger partial charge >= 0.3 is 0 Å². The number of rotatable bonds is 6. The molecule has 0 aromatic carbocycles. The monoisotopic (exact) mass is 273 g/mol. The van der Waals surface area contributed by atoms with E-state index in [-0.39, 0.29) is 5.75 Å². The summed E-state index contributed by atoms with van der Waals surface area (Å²) in [5, 5.41) is 3.02. The van der Waals surface area contributed by atoms with Crippen molar-refractivity contribution in [1.29, 1.82) is 0 Å². The lowest BCUT2D eigenvalue weighted by Crippen LogP contribution is -2.12. The van der Waals surface area contributed by atoms with Crippen LogP contribution in [-0.4, -0.2) is 36.9 Å². The standard InChI is InChI=1S/C10H15N3O2S2/c1-17(14,15)6-2-4-12-9-7-8(10(11)16)3-5-13-9/h3,5,7H,2,4,6H2,1H3,(H2,11,16)(H,12,13). The summed E-state index contributed by atoms with van der Waals surface area (Å²) in [6.07, 6.45) is 3.37. The van der Waals surface area contributed by atoms with Crippen LogP contribution in [0.25, 0.3) is 0 Å². The van der Waals surface area contributed by atoms with E-state index in [4.69, 9.17) is 18.0 Å². The summed E-state index contributed by atoms with van der Waals surface area (Å²) in [6.45, 7) is 0.543. The minimum atomic E-state index is -2.90. The third-order valence-electron chi connectivity index (χ3n) is 2.04. The molecule has 3 N–H and O–H groups in total. The Bertz CT molecular complexity index is 500. The highest BCUT2D eigenvalue weighted by Gasteiger charge is 2.02. The molecular weight excluding hydrogens is 258 g/mol. The molecule has 0 bridgehead atoms. The van der Waals surface area contributed by atoms with Gasteiger partial charge in [0.1, 0.15) is 20.6 Å². The molecule has 1 aromatic heterocycles. The predicted molar refractivity (Wildman–Crippen MR) is 72.9 cm³/mol. The van der Waals surface area contributed by atoms with E-state index in [2.05, 4.69) is 10.3 Å². The maximum absolute atomic E-state index is 10.9. The predicted octanol–water partition coefficient (Wildman–Crippen LogP) is 0.562. The third kappa shape index (κ3) is 5.60. The molecule has 0 saturated heterocycles. The molecule has 7 heteroatoms. The summed E-state index contributed by atoms with van der Waals surface area (Å²) in [5.41, 5.74) is 6.23. The number of nitrogens with two attached hydrogens (primary N) is 1. The maximum Gasteiger partial charge on any atom is 0.147 e. The van der Waals surface area contributed by atoms with Crippen molar-refractivity contribution >= 4 is 32.9 Å². The van der Waals surface area contributed by atoms with Gasteiger partial charge in [-0.2, -0.15) is 0 Å². The lowest BCUT2D eigenvalue weighted by Gasteiger charge is -2.06. The van der Waals surface area contributed by atoms with E-state index in [0.29, 0.717) is 23.8 Å². The van der Waals surface area contributed by atoms with E-state index in [1.54, 1.807) is 18.3 Å². The number of hydrogen-bond acceptors (Lipinski definition) is 5. The summed E-state index contributed by atoms with van der Waals surface area (Å²) >= 11 is 4.85. The number of aromatic nitrogens is 1. The number of nitrogens with one attached hydrogen (secondary N) is 1. The number of pyridine rings is 1. The molecule has 0 aliphatic rings. The van der Waals surface area contributed by atoms with Gasteiger partial charge in [0.05, 0.1) is 5.75 Å². The summed E-state index contributed by atoms with van der Waals surface area (Å²) in [5.74, 6) is 0.804. The zero-order valence-corrected chi connectivity index (χ0v) is 11.1. The van der Waals surface area contributed by atoms with Crippen LogP contribution in [0, 0.1) is 0 Å². The van der Waals surface area contributed by atoms with Crippen molar-refractivity contribution in [2.24, 2.45) is 5.73 Å². The first-order valence-electron chi connectivity index (χ1n) is 5.06. The van der Waals surface area contributed by atoms with Crippen LogP contribution in [-0.2, 0) is 9.84 Å². The molecule has 5 nitrogen and oxygen atoms in total.